The van der Waals surface area contributed by atoms with Gasteiger partial charge in [0.15, 0.2) is 0 Å². The van der Waals surface area contributed by atoms with Gasteiger partial charge in [-0.2, -0.15) is 0 Å². The van der Waals surface area contributed by atoms with Crippen LogP contribution in [0.3, 0.4) is 0 Å². The quantitative estimate of drug-likeness (QED) is 0.245. The van der Waals surface area contributed by atoms with Crippen molar-refractivity contribution >= 4 is 11.8 Å². The van der Waals surface area contributed by atoms with E-state index in [9.17, 15) is 14.7 Å². The number of carbonyl (C=O) groups is 2. The van der Waals surface area contributed by atoms with Gasteiger partial charge in [-0.05, 0) is 62.9 Å². The molecule has 5 rings (SSSR count). The lowest BCUT2D eigenvalue weighted by molar-refractivity contribution is -0.149. The van der Waals surface area contributed by atoms with Crippen molar-refractivity contribution in [2.45, 2.75) is 77.3 Å². The Morgan fingerprint density at radius 2 is 1.27 bits per heavy atom. The van der Waals surface area contributed by atoms with Crippen LogP contribution in [0.2, 0.25) is 0 Å². The number of piperazine rings is 1. The minimum Gasteiger partial charge on any atom is -0.508 e. The number of benzene rings is 3. The molecule has 1 aliphatic rings. The summed E-state index contributed by atoms with van der Waals surface area (Å²) in [5, 5.41) is 9.84. The summed E-state index contributed by atoms with van der Waals surface area (Å²) in [5.41, 5.74) is 4.63. The van der Waals surface area contributed by atoms with Crippen LogP contribution in [0.15, 0.2) is 97.3 Å². The molecule has 234 valence electrons. The van der Waals surface area contributed by atoms with E-state index in [1.54, 1.807) is 41.6 Å². The van der Waals surface area contributed by atoms with E-state index in [2.05, 4.69) is 95.1 Å². The van der Waals surface area contributed by atoms with E-state index in [0.717, 1.165) is 16.7 Å². The molecule has 0 unspecified atom stereocenters. The molecule has 1 aromatic heterocycles. The minimum atomic E-state index is -1.17. The highest BCUT2D eigenvalue weighted by atomic mass is 16.3. The van der Waals surface area contributed by atoms with Gasteiger partial charge in [0, 0.05) is 44.9 Å². The molecule has 0 aliphatic carbocycles. The maximum absolute atomic E-state index is 15.0. The maximum Gasteiger partial charge on any atom is 0.256 e. The summed E-state index contributed by atoms with van der Waals surface area (Å²) in [4.78, 5) is 37.2. The Kier molecular flexibility index (Phi) is 8.88. The Bertz CT molecular complexity index is 1560. The predicted molar refractivity (Wildman–Crippen MR) is 179 cm³/mol. The average Bonchev–Trinajstić information content (AvgIpc) is 3.00. The Morgan fingerprint density at radius 3 is 1.73 bits per heavy atom. The Labute approximate surface area is 267 Å². The highest BCUT2D eigenvalue weighted by molar-refractivity contribution is 6.00. The molecule has 45 heavy (non-hydrogen) atoms. The summed E-state index contributed by atoms with van der Waals surface area (Å²) in [6.45, 7) is 14.3. The minimum absolute atomic E-state index is 0.00506. The molecule has 1 fully saturated rings. The summed E-state index contributed by atoms with van der Waals surface area (Å²) < 4.78 is 0. The number of pyridine rings is 1. The number of carbonyl (C=O) groups excluding carboxylic acids is 2. The highest BCUT2D eigenvalue weighted by Crippen LogP contribution is 2.35. The summed E-state index contributed by atoms with van der Waals surface area (Å²) >= 11 is 0. The van der Waals surface area contributed by atoms with Crippen molar-refractivity contribution in [3.63, 3.8) is 0 Å². The van der Waals surface area contributed by atoms with Gasteiger partial charge in [-0.15, -0.1) is 0 Å². The first-order chi connectivity index (χ1) is 21.3. The fourth-order valence-corrected chi connectivity index (χ4v) is 6.18. The van der Waals surface area contributed by atoms with Crippen molar-refractivity contribution in [2.24, 2.45) is 0 Å². The number of aromatic hydroxyl groups is 1. The third-order valence-electron chi connectivity index (χ3n) is 8.89. The summed E-state index contributed by atoms with van der Waals surface area (Å²) in [6.07, 6.45) is 3.97. The molecule has 6 nitrogen and oxygen atoms in total. The molecule has 1 aliphatic heterocycles. The van der Waals surface area contributed by atoms with Gasteiger partial charge in [0.2, 0.25) is 5.91 Å². The van der Waals surface area contributed by atoms with E-state index >= 15 is 0 Å². The number of hydrogen-bond acceptors (Lipinski definition) is 4. The van der Waals surface area contributed by atoms with Crippen LogP contribution < -0.4 is 0 Å². The van der Waals surface area contributed by atoms with E-state index in [0.29, 0.717) is 38.0 Å². The van der Waals surface area contributed by atoms with Gasteiger partial charge >= 0.3 is 0 Å². The molecule has 6 heteroatoms. The fourth-order valence-electron chi connectivity index (χ4n) is 6.18. The molecule has 2 heterocycles. The van der Waals surface area contributed by atoms with Crippen LogP contribution >= 0.6 is 0 Å². The Morgan fingerprint density at radius 1 is 0.756 bits per heavy atom. The predicted octanol–water partition coefficient (Wildman–Crippen LogP) is 7.09. The first-order valence-electron chi connectivity index (χ1n) is 15.7. The van der Waals surface area contributed by atoms with Crippen LogP contribution in [0.25, 0.3) is 0 Å². The zero-order valence-corrected chi connectivity index (χ0v) is 27.4. The molecular weight excluding hydrogens is 558 g/mol. The molecule has 0 bridgehead atoms. The second-order valence-corrected chi connectivity index (χ2v) is 14.4. The number of rotatable bonds is 7. The molecule has 3 aromatic carbocycles. The molecule has 4 aromatic rings. The Balaban J connectivity index is 1.62. The van der Waals surface area contributed by atoms with Gasteiger partial charge in [0.25, 0.3) is 5.91 Å². The average molecular weight is 604 g/mol. The van der Waals surface area contributed by atoms with Crippen molar-refractivity contribution in [1.82, 2.24) is 14.8 Å². The first-order valence-corrected chi connectivity index (χ1v) is 15.7. The topological polar surface area (TPSA) is 73.7 Å². The lowest BCUT2D eigenvalue weighted by atomic mass is 9.78. The van der Waals surface area contributed by atoms with Crippen molar-refractivity contribution in [3.05, 3.63) is 131 Å². The standard InChI is InChI=1S/C39H45N3O3/c1-37(2,3)32-15-9-28(10-16-32)24-39(25-29-11-17-33(18-12-29)38(4,5)6)36(45)41(27-30-13-19-34(43)20-14-30)22-23-42(39)35(44)31-8-7-21-40-26-31/h7-21,26,43H,22-25,27H2,1-6H3. The molecule has 2 amide bonds. The van der Waals surface area contributed by atoms with Gasteiger partial charge in [-0.3, -0.25) is 14.6 Å². The highest BCUT2D eigenvalue weighted by Gasteiger charge is 2.51. The third-order valence-corrected chi connectivity index (χ3v) is 8.89. The SMILES string of the molecule is CC(C)(C)c1ccc(CC2(Cc3ccc(C(C)(C)C)cc3)C(=O)N(Cc3ccc(O)cc3)CCN2C(=O)c2cccnc2)cc1. The van der Waals surface area contributed by atoms with Crippen molar-refractivity contribution < 1.29 is 14.7 Å². The molecule has 1 saturated heterocycles. The van der Waals surface area contributed by atoms with Crippen molar-refractivity contribution in [3.8, 4) is 5.75 Å². The fraction of sp³-hybridized carbons (Fsp3) is 0.359. The number of amides is 2. The van der Waals surface area contributed by atoms with E-state index in [-0.39, 0.29) is 28.4 Å². The second-order valence-electron chi connectivity index (χ2n) is 14.4. The lowest BCUT2D eigenvalue weighted by Crippen LogP contribution is -2.69. The maximum atomic E-state index is 15.0. The van der Waals surface area contributed by atoms with Crippen molar-refractivity contribution in [1.29, 1.82) is 0 Å². The molecular formula is C39H45N3O3. The zero-order valence-electron chi connectivity index (χ0n) is 27.4. The number of nitrogens with zero attached hydrogens (tertiary/aromatic N) is 3. The van der Waals surface area contributed by atoms with Gasteiger partial charge in [0.1, 0.15) is 11.3 Å². The molecule has 1 N–H and O–H groups in total. The molecule has 0 atom stereocenters. The van der Waals surface area contributed by atoms with Gasteiger partial charge in [-0.25, -0.2) is 0 Å². The van der Waals surface area contributed by atoms with Crippen LogP contribution in [0.1, 0.15) is 79.7 Å². The van der Waals surface area contributed by atoms with Crippen molar-refractivity contribution in [2.75, 3.05) is 13.1 Å². The third kappa shape index (κ3) is 7.11. The molecule has 0 radical (unpaired) electrons. The monoisotopic (exact) mass is 603 g/mol. The second kappa shape index (κ2) is 12.5. The van der Waals surface area contributed by atoms with Crippen LogP contribution in [0, 0.1) is 0 Å². The molecule has 0 spiro atoms. The summed E-state index contributed by atoms with van der Waals surface area (Å²) in [6, 6.07) is 27.4. The molecule has 0 saturated carbocycles. The van der Waals surface area contributed by atoms with Crippen LogP contribution in [-0.4, -0.2) is 50.3 Å². The van der Waals surface area contributed by atoms with Crippen LogP contribution in [-0.2, 0) is 35.0 Å². The smallest absolute Gasteiger partial charge is 0.256 e. The number of phenols is 1. The first kappa shape index (κ1) is 32.0. The normalized spacial score (nSPS) is 15.3. The van der Waals surface area contributed by atoms with E-state index in [4.69, 9.17) is 0 Å². The van der Waals surface area contributed by atoms with E-state index in [1.165, 1.54) is 11.1 Å². The van der Waals surface area contributed by atoms with Gasteiger partial charge in [0.05, 0.1) is 5.56 Å². The van der Waals surface area contributed by atoms with E-state index in [1.807, 2.05) is 17.0 Å². The largest absolute Gasteiger partial charge is 0.508 e. The van der Waals surface area contributed by atoms with Crippen LogP contribution in [0.4, 0.5) is 0 Å². The number of hydrogen-bond donors (Lipinski definition) is 1. The number of phenolic OH excluding ortho intramolecular Hbond substituents is 1. The van der Waals surface area contributed by atoms with Gasteiger partial charge < -0.3 is 14.9 Å². The van der Waals surface area contributed by atoms with Gasteiger partial charge in [-0.1, -0.05) is 102 Å². The van der Waals surface area contributed by atoms with E-state index < -0.39 is 5.54 Å². The summed E-state index contributed by atoms with van der Waals surface area (Å²) in [7, 11) is 0. The summed E-state index contributed by atoms with van der Waals surface area (Å²) in [5.74, 6) is -0.0964. The Hall–Kier alpha value is -4.45. The van der Waals surface area contributed by atoms with Crippen LogP contribution in [0.5, 0.6) is 5.75 Å². The lowest BCUT2D eigenvalue weighted by Gasteiger charge is -2.50. The zero-order chi connectivity index (χ0) is 32.4. The number of aromatic nitrogens is 1.